The monoisotopic (exact) mass is 272 g/mol. The van der Waals surface area contributed by atoms with Crippen LogP contribution in [-0.2, 0) is 6.42 Å². The molecule has 0 saturated heterocycles. The third-order valence-electron chi connectivity index (χ3n) is 2.33. The van der Waals surface area contributed by atoms with Gasteiger partial charge in [-0.25, -0.2) is 0 Å². The molecule has 4 heteroatoms. The van der Waals surface area contributed by atoms with Crippen molar-refractivity contribution in [3.63, 3.8) is 0 Å². The maximum absolute atomic E-state index is 10.0. The Kier molecular flexibility index (Phi) is 3.87. The van der Waals surface area contributed by atoms with E-state index in [2.05, 4.69) is 0 Å². The molecule has 1 aromatic carbocycles. The van der Waals surface area contributed by atoms with Gasteiger partial charge in [-0.3, -0.25) is 0 Å². The van der Waals surface area contributed by atoms with Gasteiger partial charge in [-0.1, -0.05) is 35.3 Å². The van der Waals surface area contributed by atoms with Crippen LogP contribution in [0.4, 0.5) is 0 Å². The number of halogens is 2. The molecule has 0 amide bonds. The molecule has 0 fully saturated rings. The molecule has 84 valence electrons. The zero-order valence-electron chi connectivity index (χ0n) is 8.36. The average molecular weight is 273 g/mol. The number of aliphatic hydroxyl groups excluding tert-OH is 1. The van der Waals surface area contributed by atoms with E-state index in [0.29, 0.717) is 16.5 Å². The molecule has 1 N–H and O–H groups in total. The van der Waals surface area contributed by atoms with Gasteiger partial charge in [0.25, 0.3) is 0 Å². The molecule has 0 spiro atoms. The molecule has 0 radical (unpaired) electrons. The Morgan fingerprint density at radius 1 is 1.12 bits per heavy atom. The molecular weight excluding hydrogens is 263 g/mol. The maximum atomic E-state index is 10.0. The summed E-state index contributed by atoms with van der Waals surface area (Å²) in [5.41, 5.74) is 0.798. The standard InChI is InChI=1S/C12H10Cl2OS/c13-9-3-1-4-10(14)8(9)7-11(15)12-5-2-6-16-12/h1-6,11,15H,7H2. The molecule has 1 atom stereocenters. The highest BCUT2D eigenvalue weighted by Gasteiger charge is 2.13. The Balaban J connectivity index is 2.21. The number of thiophene rings is 1. The highest BCUT2D eigenvalue weighted by molar-refractivity contribution is 7.10. The van der Waals surface area contributed by atoms with Gasteiger partial charge in [0.2, 0.25) is 0 Å². The minimum absolute atomic E-state index is 0.443. The third kappa shape index (κ3) is 2.58. The van der Waals surface area contributed by atoms with E-state index < -0.39 is 6.10 Å². The molecule has 2 aromatic rings. The number of hydrogen-bond donors (Lipinski definition) is 1. The van der Waals surface area contributed by atoms with Crippen LogP contribution in [0.25, 0.3) is 0 Å². The van der Waals surface area contributed by atoms with Gasteiger partial charge in [0.1, 0.15) is 0 Å². The molecule has 0 aliphatic carbocycles. The van der Waals surface area contributed by atoms with Gasteiger partial charge >= 0.3 is 0 Å². The van der Waals surface area contributed by atoms with E-state index in [1.807, 2.05) is 17.5 Å². The van der Waals surface area contributed by atoms with E-state index in [0.717, 1.165) is 10.4 Å². The second-order valence-electron chi connectivity index (χ2n) is 3.44. The first-order valence-electron chi connectivity index (χ1n) is 4.83. The summed E-state index contributed by atoms with van der Waals surface area (Å²) in [6.07, 6.45) is -0.101. The van der Waals surface area contributed by atoms with Gasteiger partial charge in [-0.15, -0.1) is 11.3 Å². The van der Waals surface area contributed by atoms with E-state index in [4.69, 9.17) is 23.2 Å². The Bertz CT molecular complexity index is 448. The van der Waals surface area contributed by atoms with E-state index in [9.17, 15) is 5.11 Å². The molecule has 1 nitrogen and oxygen atoms in total. The predicted molar refractivity (Wildman–Crippen MR) is 69.4 cm³/mol. The van der Waals surface area contributed by atoms with E-state index in [1.165, 1.54) is 11.3 Å². The van der Waals surface area contributed by atoms with Gasteiger partial charge in [-0.2, -0.15) is 0 Å². The van der Waals surface area contributed by atoms with Crippen molar-refractivity contribution in [2.45, 2.75) is 12.5 Å². The fourth-order valence-electron chi connectivity index (χ4n) is 1.50. The topological polar surface area (TPSA) is 20.2 Å². The summed E-state index contributed by atoms with van der Waals surface area (Å²) in [7, 11) is 0. The van der Waals surface area contributed by atoms with Crippen LogP contribution >= 0.6 is 34.5 Å². The third-order valence-corrected chi connectivity index (χ3v) is 4.01. The zero-order chi connectivity index (χ0) is 11.5. The Hall–Kier alpha value is -0.540. The minimum Gasteiger partial charge on any atom is -0.387 e. The highest BCUT2D eigenvalue weighted by atomic mass is 35.5. The smallest absolute Gasteiger partial charge is 0.0923 e. The molecule has 1 unspecified atom stereocenters. The predicted octanol–water partition coefficient (Wildman–Crippen LogP) is 4.33. The number of aliphatic hydroxyl groups is 1. The van der Waals surface area contributed by atoms with Crippen LogP contribution in [0.5, 0.6) is 0 Å². The summed E-state index contributed by atoms with van der Waals surface area (Å²) < 4.78 is 0. The normalized spacial score (nSPS) is 12.7. The molecular formula is C12H10Cl2OS. The van der Waals surface area contributed by atoms with Crippen LogP contribution in [-0.4, -0.2) is 5.11 Å². The van der Waals surface area contributed by atoms with E-state index >= 15 is 0 Å². The molecule has 0 bridgehead atoms. The van der Waals surface area contributed by atoms with Crippen molar-refractivity contribution in [3.05, 3.63) is 56.2 Å². The first-order valence-corrected chi connectivity index (χ1v) is 6.46. The lowest BCUT2D eigenvalue weighted by molar-refractivity contribution is 0.182. The summed E-state index contributed by atoms with van der Waals surface area (Å²) >= 11 is 13.6. The molecule has 2 rings (SSSR count). The van der Waals surface area contributed by atoms with Crippen LogP contribution in [0.15, 0.2) is 35.7 Å². The molecule has 0 aliphatic rings. The maximum Gasteiger partial charge on any atom is 0.0923 e. The van der Waals surface area contributed by atoms with Crippen LogP contribution in [0.3, 0.4) is 0 Å². The largest absolute Gasteiger partial charge is 0.387 e. The Labute approximate surface area is 108 Å². The van der Waals surface area contributed by atoms with Crippen molar-refractivity contribution < 1.29 is 5.11 Å². The van der Waals surface area contributed by atoms with Crippen LogP contribution < -0.4 is 0 Å². The molecule has 0 saturated carbocycles. The number of rotatable bonds is 3. The molecule has 1 heterocycles. The van der Waals surface area contributed by atoms with Gasteiger partial charge in [0, 0.05) is 21.3 Å². The summed E-state index contributed by atoms with van der Waals surface area (Å²) in [6, 6.07) is 9.18. The molecule has 1 aromatic heterocycles. The second-order valence-corrected chi connectivity index (χ2v) is 5.23. The number of benzene rings is 1. The SMILES string of the molecule is OC(Cc1c(Cl)cccc1Cl)c1cccs1. The first kappa shape index (κ1) is 11.9. The van der Waals surface area contributed by atoms with Gasteiger partial charge in [0.05, 0.1) is 6.10 Å². The van der Waals surface area contributed by atoms with Gasteiger partial charge in [0.15, 0.2) is 0 Å². The summed E-state index contributed by atoms with van der Waals surface area (Å²) in [6.45, 7) is 0. The summed E-state index contributed by atoms with van der Waals surface area (Å²) in [5.74, 6) is 0. The highest BCUT2D eigenvalue weighted by Crippen LogP contribution is 2.30. The fourth-order valence-corrected chi connectivity index (χ4v) is 2.77. The summed E-state index contributed by atoms with van der Waals surface area (Å²) in [5, 5.41) is 13.1. The van der Waals surface area contributed by atoms with Crippen LogP contribution in [0, 0.1) is 0 Å². The molecule has 16 heavy (non-hydrogen) atoms. The van der Waals surface area contributed by atoms with Crippen molar-refractivity contribution in [3.8, 4) is 0 Å². The van der Waals surface area contributed by atoms with Crippen molar-refractivity contribution in [2.24, 2.45) is 0 Å². The van der Waals surface area contributed by atoms with Crippen LogP contribution in [0.2, 0.25) is 10.0 Å². The van der Waals surface area contributed by atoms with Gasteiger partial charge < -0.3 is 5.11 Å². The summed E-state index contributed by atoms with van der Waals surface area (Å²) in [4.78, 5) is 0.927. The lowest BCUT2D eigenvalue weighted by Gasteiger charge is -2.11. The zero-order valence-corrected chi connectivity index (χ0v) is 10.7. The first-order chi connectivity index (χ1) is 7.68. The van der Waals surface area contributed by atoms with Gasteiger partial charge in [-0.05, 0) is 29.1 Å². The lowest BCUT2D eigenvalue weighted by Crippen LogP contribution is -2.00. The second kappa shape index (κ2) is 5.19. The van der Waals surface area contributed by atoms with Crippen LogP contribution in [0.1, 0.15) is 16.5 Å². The quantitative estimate of drug-likeness (QED) is 0.882. The average Bonchev–Trinajstić information content (AvgIpc) is 2.76. The van der Waals surface area contributed by atoms with Crippen molar-refractivity contribution in [1.29, 1.82) is 0 Å². The Morgan fingerprint density at radius 3 is 2.38 bits per heavy atom. The van der Waals surface area contributed by atoms with Crippen molar-refractivity contribution in [2.75, 3.05) is 0 Å². The van der Waals surface area contributed by atoms with Crippen molar-refractivity contribution >= 4 is 34.5 Å². The number of hydrogen-bond acceptors (Lipinski definition) is 2. The minimum atomic E-state index is -0.544. The molecule has 0 aliphatic heterocycles. The fraction of sp³-hybridized carbons (Fsp3) is 0.167. The lowest BCUT2D eigenvalue weighted by atomic mass is 10.1. The Morgan fingerprint density at radius 2 is 1.81 bits per heavy atom. The van der Waals surface area contributed by atoms with E-state index in [-0.39, 0.29) is 0 Å². The van der Waals surface area contributed by atoms with E-state index in [1.54, 1.807) is 18.2 Å². The van der Waals surface area contributed by atoms with Crippen molar-refractivity contribution in [1.82, 2.24) is 0 Å².